The molecular formula is C38H30Cl4O4. The fourth-order valence-corrected chi connectivity index (χ4v) is 6.26. The van der Waals surface area contributed by atoms with Gasteiger partial charge < -0.3 is 14.6 Å². The third kappa shape index (κ3) is 8.45. The molecule has 0 spiro atoms. The minimum atomic E-state index is -1.03. The summed E-state index contributed by atoms with van der Waals surface area (Å²) < 4.78 is 11.7. The van der Waals surface area contributed by atoms with E-state index in [1.807, 2.05) is 37.3 Å². The average molecular weight is 692 g/mol. The van der Waals surface area contributed by atoms with Crippen LogP contribution in [-0.2, 0) is 4.79 Å². The van der Waals surface area contributed by atoms with Crippen molar-refractivity contribution in [2.24, 2.45) is 0 Å². The smallest absolute Gasteiger partial charge is 0.341 e. The molecule has 0 aliphatic rings. The number of hydrogen-bond donors (Lipinski definition) is 1. The zero-order valence-corrected chi connectivity index (χ0v) is 28.1. The highest BCUT2D eigenvalue weighted by atomic mass is 35.5. The zero-order valence-electron chi connectivity index (χ0n) is 25.1. The summed E-state index contributed by atoms with van der Waals surface area (Å²) >= 11 is 25.1. The first-order valence-electron chi connectivity index (χ1n) is 14.5. The van der Waals surface area contributed by atoms with Crippen LogP contribution >= 0.6 is 46.4 Å². The molecule has 0 unspecified atom stereocenters. The fraction of sp³-hybridized carbons (Fsp3) is 0.132. The van der Waals surface area contributed by atoms with Crippen molar-refractivity contribution in [1.29, 1.82) is 0 Å². The molecule has 0 aromatic heterocycles. The molecule has 4 nitrogen and oxygen atoms in total. The van der Waals surface area contributed by atoms with Gasteiger partial charge in [-0.25, -0.2) is 4.79 Å². The predicted octanol–water partition coefficient (Wildman–Crippen LogP) is 11.7. The summed E-state index contributed by atoms with van der Waals surface area (Å²) in [6.07, 6.45) is 0.741. The van der Waals surface area contributed by atoms with Gasteiger partial charge in [0.05, 0.1) is 0 Å². The number of hydrogen-bond acceptors (Lipinski definition) is 3. The van der Waals surface area contributed by atoms with Crippen molar-refractivity contribution in [3.05, 3.63) is 145 Å². The lowest BCUT2D eigenvalue weighted by Gasteiger charge is -2.18. The summed E-state index contributed by atoms with van der Waals surface area (Å²) in [7, 11) is 0. The van der Waals surface area contributed by atoms with Gasteiger partial charge in [0, 0.05) is 20.1 Å². The van der Waals surface area contributed by atoms with Gasteiger partial charge in [0.1, 0.15) is 18.1 Å². The third-order valence-corrected chi connectivity index (χ3v) is 8.30. The van der Waals surface area contributed by atoms with Crippen LogP contribution in [0.15, 0.2) is 109 Å². The van der Waals surface area contributed by atoms with E-state index < -0.39 is 12.6 Å². The Balaban J connectivity index is 1.51. The number of rotatable bonds is 11. The van der Waals surface area contributed by atoms with Crippen LogP contribution in [-0.4, -0.2) is 24.3 Å². The summed E-state index contributed by atoms with van der Waals surface area (Å²) in [6.45, 7) is 3.91. The first-order chi connectivity index (χ1) is 22.1. The Hall–Kier alpha value is -3.93. The van der Waals surface area contributed by atoms with Gasteiger partial charge in [0.15, 0.2) is 6.61 Å². The number of carboxylic acids is 1. The molecule has 5 aromatic carbocycles. The molecule has 0 bridgehead atoms. The lowest BCUT2D eigenvalue weighted by atomic mass is 9.90. The maximum atomic E-state index is 10.9. The molecule has 0 fully saturated rings. The maximum absolute atomic E-state index is 10.9. The van der Waals surface area contributed by atoms with Gasteiger partial charge in [-0.15, -0.1) is 0 Å². The molecule has 0 aliphatic carbocycles. The highest BCUT2D eigenvalue weighted by molar-refractivity contribution is 6.35. The molecule has 234 valence electrons. The van der Waals surface area contributed by atoms with E-state index in [0.717, 1.165) is 56.5 Å². The Labute approximate surface area is 288 Å². The van der Waals surface area contributed by atoms with Crippen molar-refractivity contribution < 1.29 is 19.4 Å². The zero-order chi connectivity index (χ0) is 32.8. The molecule has 0 radical (unpaired) electrons. The first kappa shape index (κ1) is 33.4. The average Bonchev–Trinajstić information content (AvgIpc) is 3.02. The molecule has 5 rings (SSSR count). The molecular weight excluding hydrogens is 662 g/mol. The Bertz CT molecular complexity index is 1760. The molecule has 46 heavy (non-hydrogen) atoms. The minimum Gasteiger partial charge on any atom is -0.489 e. The number of aliphatic carboxylic acids is 1. The summed E-state index contributed by atoms with van der Waals surface area (Å²) in [5.74, 6) is 0.134. The van der Waals surface area contributed by atoms with E-state index >= 15 is 0 Å². The van der Waals surface area contributed by atoms with Crippen LogP contribution in [0.25, 0.3) is 27.8 Å². The number of aryl methyl sites for hydroxylation is 1. The second kappa shape index (κ2) is 15.1. The van der Waals surface area contributed by atoms with Crippen molar-refractivity contribution in [2.75, 3.05) is 13.2 Å². The van der Waals surface area contributed by atoms with Gasteiger partial charge in [0.25, 0.3) is 0 Å². The molecule has 8 heteroatoms. The van der Waals surface area contributed by atoms with Crippen LogP contribution < -0.4 is 9.47 Å². The second-order valence-corrected chi connectivity index (χ2v) is 12.4. The second-order valence-electron chi connectivity index (χ2n) is 10.7. The first-order valence-corrected chi connectivity index (χ1v) is 16.0. The van der Waals surface area contributed by atoms with E-state index in [1.54, 1.807) is 24.3 Å². The van der Waals surface area contributed by atoms with Crippen LogP contribution in [0.4, 0.5) is 0 Å². The molecule has 0 heterocycles. The van der Waals surface area contributed by atoms with Gasteiger partial charge in [-0.2, -0.15) is 0 Å². The van der Waals surface area contributed by atoms with Crippen LogP contribution in [0.5, 0.6) is 11.5 Å². The van der Waals surface area contributed by atoms with Crippen molar-refractivity contribution in [3.8, 4) is 33.8 Å². The van der Waals surface area contributed by atoms with E-state index in [0.29, 0.717) is 38.2 Å². The largest absolute Gasteiger partial charge is 0.489 e. The molecule has 0 amide bonds. The monoisotopic (exact) mass is 690 g/mol. The van der Waals surface area contributed by atoms with E-state index in [1.165, 1.54) is 0 Å². The van der Waals surface area contributed by atoms with Gasteiger partial charge in [-0.1, -0.05) is 102 Å². The summed E-state index contributed by atoms with van der Waals surface area (Å²) in [4.78, 5) is 10.9. The molecule has 0 aliphatic heterocycles. The Morgan fingerprint density at radius 2 is 1.09 bits per heavy atom. The normalized spacial score (nSPS) is 10.8. The van der Waals surface area contributed by atoms with Crippen molar-refractivity contribution in [3.63, 3.8) is 0 Å². The Morgan fingerprint density at radius 1 is 0.609 bits per heavy atom. The van der Waals surface area contributed by atoms with Gasteiger partial charge >= 0.3 is 5.97 Å². The van der Waals surface area contributed by atoms with E-state index in [2.05, 4.69) is 55.5 Å². The van der Waals surface area contributed by atoms with Gasteiger partial charge in [-0.05, 0) is 118 Å². The van der Waals surface area contributed by atoms with Crippen LogP contribution in [0.1, 0.15) is 30.0 Å². The Morgan fingerprint density at radius 3 is 1.50 bits per heavy atom. The van der Waals surface area contributed by atoms with E-state index in [4.69, 9.17) is 61.0 Å². The number of benzene rings is 5. The standard InChI is InChI=1S/C38H30Cl4O4/c1-3-24(21-45-35-12-13-36(23(2)14-35)46-22-37(43)44)38(27-8-4-25(5-9-27)29-15-31(39)19-32(40)16-29)28-10-6-26(7-11-28)30-17-33(41)20-34(42)18-30/h4-20H,3,21-22H2,1-2H3,(H,43,44). The van der Waals surface area contributed by atoms with Gasteiger partial charge in [0.2, 0.25) is 0 Å². The maximum Gasteiger partial charge on any atom is 0.341 e. The molecule has 0 saturated heterocycles. The number of halogens is 4. The lowest BCUT2D eigenvalue weighted by molar-refractivity contribution is -0.139. The molecule has 0 saturated carbocycles. The number of carboxylic acid groups (broad SMARTS) is 1. The summed E-state index contributed by atoms with van der Waals surface area (Å²) in [5, 5.41) is 11.3. The fourth-order valence-electron chi connectivity index (χ4n) is 5.21. The Kier molecular flexibility index (Phi) is 11.0. The lowest BCUT2D eigenvalue weighted by Crippen LogP contribution is -2.10. The van der Waals surface area contributed by atoms with Crippen molar-refractivity contribution in [1.82, 2.24) is 0 Å². The van der Waals surface area contributed by atoms with E-state index in [-0.39, 0.29) is 0 Å². The number of ether oxygens (including phenoxy) is 2. The quantitative estimate of drug-likeness (QED) is 0.150. The summed E-state index contributed by atoms with van der Waals surface area (Å²) in [6, 6.07) is 33.0. The molecule has 5 aromatic rings. The summed E-state index contributed by atoms with van der Waals surface area (Å²) in [5.41, 5.74) is 8.87. The van der Waals surface area contributed by atoms with Crippen LogP contribution in [0.3, 0.4) is 0 Å². The van der Waals surface area contributed by atoms with Crippen molar-refractivity contribution >= 4 is 57.9 Å². The minimum absolute atomic E-state index is 0.345. The topological polar surface area (TPSA) is 55.8 Å². The highest BCUT2D eigenvalue weighted by Gasteiger charge is 2.15. The SMILES string of the molecule is CCC(COc1ccc(OCC(=O)O)c(C)c1)=C(c1ccc(-c2cc(Cl)cc(Cl)c2)cc1)c1ccc(-c2cc(Cl)cc(Cl)c2)cc1. The predicted molar refractivity (Wildman–Crippen MR) is 190 cm³/mol. The van der Waals surface area contributed by atoms with Crippen LogP contribution in [0, 0.1) is 6.92 Å². The molecule has 1 N–H and O–H groups in total. The molecule has 0 atom stereocenters. The van der Waals surface area contributed by atoms with Gasteiger partial charge in [-0.3, -0.25) is 0 Å². The number of carbonyl (C=O) groups is 1. The highest BCUT2D eigenvalue weighted by Crippen LogP contribution is 2.35. The van der Waals surface area contributed by atoms with E-state index in [9.17, 15) is 4.79 Å². The third-order valence-electron chi connectivity index (χ3n) is 7.43. The van der Waals surface area contributed by atoms with Crippen molar-refractivity contribution in [2.45, 2.75) is 20.3 Å². The van der Waals surface area contributed by atoms with Crippen LogP contribution in [0.2, 0.25) is 20.1 Å².